The molecule has 0 radical (unpaired) electrons. The first-order valence-electron chi connectivity index (χ1n) is 5.99. The van der Waals surface area contributed by atoms with E-state index in [1.165, 1.54) is 5.57 Å². The Morgan fingerprint density at radius 1 is 1.50 bits per heavy atom. The smallest absolute Gasteiger partial charge is 0.410 e. The molecule has 0 aromatic heterocycles. The molecular weight excluding hydrogens is 202 g/mol. The molecule has 0 aromatic carbocycles. The Bertz CT molecular complexity index is 278. The lowest BCUT2D eigenvalue weighted by atomic mass is 9.98. The highest BCUT2D eigenvalue weighted by molar-refractivity contribution is 5.68. The molecule has 1 fully saturated rings. The van der Waals surface area contributed by atoms with Crippen molar-refractivity contribution < 1.29 is 9.53 Å². The molecule has 1 heterocycles. The van der Waals surface area contributed by atoms with Crippen molar-refractivity contribution in [1.29, 1.82) is 0 Å². The number of likely N-dealkylation sites (tertiary alicyclic amines) is 1. The van der Waals surface area contributed by atoms with Crippen molar-refractivity contribution in [3.05, 3.63) is 12.2 Å². The monoisotopic (exact) mass is 225 g/mol. The first kappa shape index (κ1) is 13.1. The minimum absolute atomic E-state index is 0.195. The second-order valence-electron chi connectivity index (χ2n) is 5.42. The lowest BCUT2D eigenvalue weighted by molar-refractivity contribution is 0.0290. The van der Waals surface area contributed by atoms with E-state index in [1.54, 1.807) is 4.90 Å². The van der Waals surface area contributed by atoms with E-state index in [1.807, 2.05) is 20.8 Å². The van der Waals surface area contributed by atoms with Gasteiger partial charge >= 0.3 is 6.09 Å². The minimum atomic E-state index is -0.406. The summed E-state index contributed by atoms with van der Waals surface area (Å²) in [6.07, 6.45) is 1.82. The van der Waals surface area contributed by atoms with E-state index in [4.69, 9.17) is 4.74 Å². The standard InChI is InChI=1S/C13H23NO2/c1-6-10(2)11-7-8-14(9-11)12(15)16-13(3,4)5/h11H,2,6-9H2,1,3-5H3. The van der Waals surface area contributed by atoms with E-state index in [2.05, 4.69) is 13.5 Å². The van der Waals surface area contributed by atoms with Gasteiger partial charge in [-0.2, -0.15) is 0 Å². The first-order valence-corrected chi connectivity index (χ1v) is 5.99. The molecule has 1 amide bonds. The van der Waals surface area contributed by atoms with Crippen LogP contribution in [0.1, 0.15) is 40.5 Å². The van der Waals surface area contributed by atoms with Crippen LogP contribution in [0.4, 0.5) is 4.79 Å². The molecular formula is C13H23NO2. The topological polar surface area (TPSA) is 29.5 Å². The number of carbonyl (C=O) groups is 1. The lowest BCUT2D eigenvalue weighted by Gasteiger charge is -2.24. The Hall–Kier alpha value is -0.990. The summed E-state index contributed by atoms with van der Waals surface area (Å²) < 4.78 is 5.34. The van der Waals surface area contributed by atoms with Gasteiger partial charge in [0.25, 0.3) is 0 Å². The van der Waals surface area contributed by atoms with Gasteiger partial charge in [0.05, 0.1) is 0 Å². The minimum Gasteiger partial charge on any atom is -0.444 e. The summed E-state index contributed by atoms with van der Waals surface area (Å²) in [6.45, 7) is 13.4. The van der Waals surface area contributed by atoms with Gasteiger partial charge in [-0.15, -0.1) is 0 Å². The van der Waals surface area contributed by atoms with Gasteiger partial charge in [-0.1, -0.05) is 19.1 Å². The Labute approximate surface area is 98.5 Å². The fraction of sp³-hybridized carbons (Fsp3) is 0.769. The Kier molecular flexibility index (Phi) is 4.00. The van der Waals surface area contributed by atoms with Crippen LogP contribution in [0, 0.1) is 5.92 Å². The molecule has 92 valence electrons. The predicted octanol–water partition coefficient (Wildman–Crippen LogP) is 3.21. The molecule has 0 N–H and O–H groups in total. The zero-order valence-electron chi connectivity index (χ0n) is 10.9. The lowest BCUT2D eigenvalue weighted by Crippen LogP contribution is -2.35. The molecule has 0 spiro atoms. The van der Waals surface area contributed by atoms with Crippen LogP contribution in [-0.2, 0) is 4.74 Å². The van der Waals surface area contributed by atoms with E-state index >= 15 is 0 Å². The van der Waals surface area contributed by atoms with Gasteiger partial charge in [-0.25, -0.2) is 4.79 Å². The van der Waals surface area contributed by atoms with Crippen molar-refractivity contribution >= 4 is 6.09 Å². The van der Waals surface area contributed by atoms with Crippen molar-refractivity contribution in [2.24, 2.45) is 5.92 Å². The second-order valence-corrected chi connectivity index (χ2v) is 5.42. The van der Waals surface area contributed by atoms with Crippen molar-refractivity contribution in [3.8, 4) is 0 Å². The van der Waals surface area contributed by atoms with Crippen molar-refractivity contribution in [1.82, 2.24) is 4.90 Å². The van der Waals surface area contributed by atoms with E-state index in [0.29, 0.717) is 5.92 Å². The summed E-state index contributed by atoms with van der Waals surface area (Å²) in [7, 11) is 0. The van der Waals surface area contributed by atoms with Crippen molar-refractivity contribution in [2.45, 2.75) is 46.1 Å². The molecule has 1 unspecified atom stereocenters. The maximum atomic E-state index is 11.8. The summed E-state index contributed by atoms with van der Waals surface area (Å²) in [4.78, 5) is 13.6. The van der Waals surface area contributed by atoms with E-state index in [0.717, 1.165) is 25.9 Å². The highest BCUT2D eigenvalue weighted by Gasteiger charge is 2.30. The van der Waals surface area contributed by atoms with Crippen LogP contribution in [0.2, 0.25) is 0 Å². The molecule has 1 atom stereocenters. The third-order valence-electron chi connectivity index (χ3n) is 2.87. The highest BCUT2D eigenvalue weighted by Crippen LogP contribution is 2.25. The molecule has 1 aliphatic rings. The number of hydrogen-bond acceptors (Lipinski definition) is 2. The normalized spacial score (nSPS) is 21.0. The van der Waals surface area contributed by atoms with Gasteiger partial charge in [0.2, 0.25) is 0 Å². The maximum Gasteiger partial charge on any atom is 0.410 e. The van der Waals surface area contributed by atoms with Crippen LogP contribution in [0.15, 0.2) is 12.2 Å². The molecule has 3 heteroatoms. The van der Waals surface area contributed by atoms with Gasteiger partial charge in [-0.3, -0.25) is 0 Å². The molecule has 16 heavy (non-hydrogen) atoms. The number of rotatable bonds is 2. The fourth-order valence-electron chi connectivity index (χ4n) is 1.87. The Morgan fingerprint density at radius 2 is 2.12 bits per heavy atom. The molecule has 1 aliphatic heterocycles. The van der Waals surface area contributed by atoms with Crippen LogP contribution in [-0.4, -0.2) is 29.7 Å². The van der Waals surface area contributed by atoms with Crippen LogP contribution < -0.4 is 0 Å². The average molecular weight is 225 g/mol. The fourth-order valence-corrected chi connectivity index (χ4v) is 1.87. The number of hydrogen-bond donors (Lipinski definition) is 0. The van der Waals surface area contributed by atoms with E-state index in [9.17, 15) is 4.79 Å². The summed E-state index contributed by atoms with van der Waals surface area (Å²) >= 11 is 0. The Balaban J connectivity index is 2.47. The summed E-state index contributed by atoms with van der Waals surface area (Å²) in [5, 5.41) is 0. The van der Waals surface area contributed by atoms with Gasteiger partial charge in [0, 0.05) is 13.1 Å². The van der Waals surface area contributed by atoms with Gasteiger partial charge in [0.1, 0.15) is 5.60 Å². The highest BCUT2D eigenvalue weighted by atomic mass is 16.6. The molecule has 0 aromatic rings. The first-order chi connectivity index (χ1) is 7.33. The second kappa shape index (κ2) is 4.89. The van der Waals surface area contributed by atoms with E-state index in [-0.39, 0.29) is 6.09 Å². The summed E-state index contributed by atoms with van der Waals surface area (Å²) in [6, 6.07) is 0. The molecule has 1 rings (SSSR count). The average Bonchev–Trinajstić information content (AvgIpc) is 2.62. The third-order valence-corrected chi connectivity index (χ3v) is 2.87. The molecule has 0 aliphatic carbocycles. The van der Waals surface area contributed by atoms with Crippen LogP contribution in [0.25, 0.3) is 0 Å². The quantitative estimate of drug-likeness (QED) is 0.675. The van der Waals surface area contributed by atoms with Crippen molar-refractivity contribution in [3.63, 3.8) is 0 Å². The predicted molar refractivity (Wildman–Crippen MR) is 65.3 cm³/mol. The maximum absolute atomic E-state index is 11.8. The third kappa shape index (κ3) is 3.54. The van der Waals surface area contributed by atoms with Crippen LogP contribution in [0.5, 0.6) is 0 Å². The van der Waals surface area contributed by atoms with E-state index < -0.39 is 5.60 Å². The van der Waals surface area contributed by atoms with Gasteiger partial charge < -0.3 is 9.64 Å². The van der Waals surface area contributed by atoms with Gasteiger partial charge in [0.15, 0.2) is 0 Å². The number of nitrogens with zero attached hydrogens (tertiary/aromatic N) is 1. The zero-order valence-corrected chi connectivity index (χ0v) is 10.9. The van der Waals surface area contributed by atoms with Crippen LogP contribution in [0.3, 0.4) is 0 Å². The Morgan fingerprint density at radius 3 is 2.62 bits per heavy atom. The number of ether oxygens (including phenoxy) is 1. The summed E-state index contributed by atoms with van der Waals surface area (Å²) in [5.41, 5.74) is 0.836. The SMILES string of the molecule is C=C(CC)C1CCN(C(=O)OC(C)(C)C)C1. The summed E-state index contributed by atoms with van der Waals surface area (Å²) in [5.74, 6) is 0.456. The largest absolute Gasteiger partial charge is 0.444 e. The molecule has 0 bridgehead atoms. The number of carbonyl (C=O) groups excluding carboxylic acids is 1. The zero-order chi connectivity index (χ0) is 12.3. The molecule has 3 nitrogen and oxygen atoms in total. The molecule has 1 saturated heterocycles. The van der Waals surface area contributed by atoms with Gasteiger partial charge in [-0.05, 0) is 39.5 Å². The van der Waals surface area contributed by atoms with Crippen molar-refractivity contribution in [2.75, 3.05) is 13.1 Å². The van der Waals surface area contributed by atoms with Crippen LogP contribution >= 0.6 is 0 Å². The number of amides is 1. The molecule has 0 saturated carbocycles.